The van der Waals surface area contributed by atoms with E-state index >= 15 is 0 Å². The van der Waals surface area contributed by atoms with Crippen molar-refractivity contribution in [3.8, 4) is 5.75 Å². The highest BCUT2D eigenvalue weighted by Gasteiger charge is 2.44. The SMILES string of the molecule is O=S(=O)(O)CC(Oc1ccc2ccccc2c1)C(F)(F)F. The van der Waals surface area contributed by atoms with E-state index in [0.717, 1.165) is 5.39 Å². The van der Waals surface area contributed by atoms with Crippen LogP contribution in [0.3, 0.4) is 0 Å². The zero-order valence-corrected chi connectivity index (χ0v) is 11.4. The third-order valence-corrected chi connectivity index (χ3v) is 3.45. The van der Waals surface area contributed by atoms with Crippen LogP contribution in [-0.4, -0.2) is 31.0 Å². The first kappa shape index (κ1) is 15.6. The Hall–Kier alpha value is -1.80. The first-order valence-electron chi connectivity index (χ1n) is 5.82. The molecular formula is C13H11F3O4S. The lowest BCUT2D eigenvalue weighted by molar-refractivity contribution is -0.188. The summed E-state index contributed by atoms with van der Waals surface area (Å²) in [5, 5.41) is 1.46. The summed E-state index contributed by atoms with van der Waals surface area (Å²) >= 11 is 0. The zero-order chi connectivity index (χ0) is 15.7. The Morgan fingerprint density at radius 1 is 1.10 bits per heavy atom. The molecule has 4 nitrogen and oxygen atoms in total. The molecule has 0 saturated heterocycles. The number of hydrogen-bond donors (Lipinski definition) is 1. The third kappa shape index (κ3) is 4.33. The molecule has 1 N–H and O–H groups in total. The molecule has 0 heterocycles. The summed E-state index contributed by atoms with van der Waals surface area (Å²) in [7, 11) is -4.81. The summed E-state index contributed by atoms with van der Waals surface area (Å²) < 4.78 is 72.9. The van der Waals surface area contributed by atoms with Gasteiger partial charge in [0.2, 0.25) is 6.10 Å². The predicted molar refractivity (Wildman–Crippen MR) is 70.8 cm³/mol. The Kier molecular flexibility index (Phi) is 4.11. The average molecular weight is 320 g/mol. The molecule has 1 atom stereocenters. The van der Waals surface area contributed by atoms with E-state index in [0.29, 0.717) is 5.39 Å². The molecule has 0 aliphatic heterocycles. The molecule has 1 unspecified atom stereocenters. The molecule has 0 spiro atoms. The normalized spacial score (nSPS) is 14.1. The number of alkyl halides is 3. The molecule has 2 rings (SSSR count). The number of halogens is 3. The highest BCUT2D eigenvalue weighted by molar-refractivity contribution is 7.85. The smallest absolute Gasteiger partial charge is 0.426 e. The summed E-state index contributed by atoms with van der Waals surface area (Å²) in [6.45, 7) is 0. The number of hydrogen-bond acceptors (Lipinski definition) is 3. The van der Waals surface area contributed by atoms with Gasteiger partial charge in [-0.2, -0.15) is 21.6 Å². The van der Waals surface area contributed by atoms with Gasteiger partial charge in [-0.25, -0.2) is 0 Å². The second-order valence-electron chi connectivity index (χ2n) is 4.41. The topological polar surface area (TPSA) is 63.6 Å². The minimum atomic E-state index is -4.92. The molecule has 0 aliphatic carbocycles. The van der Waals surface area contributed by atoms with Gasteiger partial charge in [0.05, 0.1) is 0 Å². The predicted octanol–water partition coefficient (Wildman–Crippen LogP) is 3.04. The van der Waals surface area contributed by atoms with Crippen LogP contribution in [0.1, 0.15) is 0 Å². The Labute approximate surface area is 118 Å². The van der Waals surface area contributed by atoms with Gasteiger partial charge in [-0.3, -0.25) is 4.55 Å². The van der Waals surface area contributed by atoms with E-state index in [9.17, 15) is 21.6 Å². The molecule has 0 radical (unpaired) electrons. The van der Waals surface area contributed by atoms with Gasteiger partial charge in [0, 0.05) is 0 Å². The second kappa shape index (κ2) is 5.53. The van der Waals surface area contributed by atoms with Crippen LogP contribution in [0.4, 0.5) is 13.2 Å². The highest BCUT2D eigenvalue weighted by Crippen LogP contribution is 2.28. The van der Waals surface area contributed by atoms with Gasteiger partial charge >= 0.3 is 6.18 Å². The van der Waals surface area contributed by atoms with E-state index < -0.39 is 28.2 Å². The van der Waals surface area contributed by atoms with Gasteiger partial charge < -0.3 is 4.74 Å². The van der Waals surface area contributed by atoms with Crippen molar-refractivity contribution >= 4 is 20.9 Å². The van der Waals surface area contributed by atoms with Gasteiger partial charge in [0.25, 0.3) is 10.1 Å². The fourth-order valence-corrected chi connectivity index (χ4v) is 2.43. The van der Waals surface area contributed by atoms with Crippen molar-refractivity contribution in [1.82, 2.24) is 0 Å². The lowest BCUT2D eigenvalue weighted by Gasteiger charge is -2.20. The van der Waals surface area contributed by atoms with Crippen LogP contribution < -0.4 is 4.74 Å². The van der Waals surface area contributed by atoms with Crippen LogP contribution in [0.15, 0.2) is 42.5 Å². The number of benzene rings is 2. The summed E-state index contributed by atoms with van der Waals surface area (Å²) in [4.78, 5) is 0. The van der Waals surface area contributed by atoms with E-state index in [1.165, 1.54) is 12.1 Å². The van der Waals surface area contributed by atoms with Crippen LogP contribution in [0.25, 0.3) is 10.8 Å². The number of fused-ring (bicyclic) bond motifs is 1. The van der Waals surface area contributed by atoms with Crippen molar-refractivity contribution < 1.29 is 30.9 Å². The average Bonchev–Trinajstić information content (AvgIpc) is 2.35. The van der Waals surface area contributed by atoms with Crippen molar-refractivity contribution in [1.29, 1.82) is 0 Å². The molecular weight excluding hydrogens is 309 g/mol. The van der Waals surface area contributed by atoms with Crippen LogP contribution in [0.5, 0.6) is 5.75 Å². The molecule has 0 aromatic heterocycles. The van der Waals surface area contributed by atoms with Crippen molar-refractivity contribution in [2.75, 3.05) is 5.75 Å². The highest BCUT2D eigenvalue weighted by atomic mass is 32.2. The maximum atomic E-state index is 12.7. The summed E-state index contributed by atoms with van der Waals surface area (Å²) in [5.41, 5.74) is 0. The summed E-state index contributed by atoms with van der Waals surface area (Å²) in [6.07, 6.45) is -7.55. The molecule has 114 valence electrons. The van der Waals surface area contributed by atoms with E-state index in [1.54, 1.807) is 30.3 Å². The Morgan fingerprint density at radius 2 is 1.71 bits per heavy atom. The van der Waals surface area contributed by atoms with Gasteiger partial charge in [-0.15, -0.1) is 0 Å². The van der Waals surface area contributed by atoms with Crippen molar-refractivity contribution in [3.05, 3.63) is 42.5 Å². The Bertz CT molecular complexity index is 740. The molecule has 0 saturated carbocycles. The standard InChI is InChI=1S/C13H11F3O4S/c14-13(15,16)12(8-21(17,18)19)20-11-6-5-9-3-1-2-4-10(9)7-11/h1-7,12H,8H2,(H,17,18,19). The lowest BCUT2D eigenvalue weighted by Crippen LogP contribution is -2.40. The molecule has 21 heavy (non-hydrogen) atoms. The summed E-state index contributed by atoms with van der Waals surface area (Å²) in [6, 6.07) is 11.2. The van der Waals surface area contributed by atoms with Gasteiger partial charge in [0.1, 0.15) is 11.5 Å². The van der Waals surface area contributed by atoms with E-state index in [4.69, 9.17) is 9.29 Å². The van der Waals surface area contributed by atoms with Crippen LogP contribution in [0.2, 0.25) is 0 Å². The lowest BCUT2D eigenvalue weighted by atomic mass is 10.1. The van der Waals surface area contributed by atoms with Crippen LogP contribution in [-0.2, 0) is 10.1 Å². The fraction of sp³-hybridized carbons (Fsp3) is 0.231. The van der Waals surface area contributed by atoms with Crippen molar-refractivity contribution in [3.63, 3.8) is 0 Å². The minimum absolute atomic E-state index is 0.125. The van der Waals surface area contributed by atoms with Crippen LogP contribution >= 0.6 is 0 Å². The van der Waals surface area contributed by atoms with Crippen LogP contribution in [0, 0.1) is 0 Å². The summed E-state index contributed by atoms with van der Waals surface area (Å²) in [5.74, 6) is -1.68. The van der Waals surface area contributed by atoms with Gasteiger partial charge in [-0.1, -0.05) is 30.3 Å². The molecule has 0 bridgehead atoms. The third-order valence-electron chi connectivity index (χ3n) is 2.73. The first-order chi connectivity index (χ1) is 9.65. The molecule has 0 amide bonds. The second-order valence-corrected chi connectivity index (χ2v) is 5.90. The zero-order valence-electron chi connectivity index (χ0n) is 10.5. The van der Waals surface area contributed by atoms with Gasteiger partial charge in [0.15, 0.2) is 0 Å². The molecule has 2 aromatic rings. The van der Waals surface area contributed by atoms with Gasteiger partial charge in [-0.05, 0) is 22.9 Å². The molecule has 0 aliphatic rings. The van der Waals surface area contributed by atoms with E-state index in [-0.39, 0.29) is 5.75 Å². The maximum Gasteiger partial charge on any atom is 0.426 e. The monoisotopic (exact) mass is 320 g/mol. The maximum absolute atomic E-state index is 12.7. The molecule has 2 aromatic carbocycles. The van der Waals surface area contributed by atoms with E-state index in [2.05, 4.69) is 0 Å². The quantitative estimate of drug-likeness (QED) is 0.880. The molecule has 0 fully saturated rings. The number of rotatable bonds is 4. The number of ether oxygens (including phenoxy) is 1. The van der Waals surface area contributed by atoms with Crippen molar-refractivity contribution in [2.45, 2.75) is 12.3 Å². The van der Waals surface area contributed by atoms with E-state index in [1.807, 2.05) is 0 Å². The fourth-order valence-electron chi connectivity index (χ4n) is 1.79. The first-order valence-corrected chi connectivity index (χ1v) is 7.43. The Balaban J connectivity index is 2.30. The van der Waals surface area contributed by atoms with Crippen molar-refractivity contribution in [2.24, 2.45) is 0 Å². The largest absolute Gasteiger partial charge is 0.480 e. The molecule has 8 heteroatoms. The minimum Gasteiger partial charge on any atom is -0.480 e. The Morgan fingerprint density at radius 3 is 2.29 bits per heavy atom.